The highest BCUT2D eigenvalue weighted by molar-refractivity contribution is 7.90. The first-order chi connectivity index (χ1) is 9.31. The molecule has 112 valence electrons. The van der Waals surface area contributed by atoms with Gasteiger partial charge in [-0.25, -0.2) is 17.9 Å². The molecule has 1 aromatic rings. The number of hydrogen-bond donors (Lipinski definition) is 2. The van der Waals surface area contributed by atoms with Gasteiger partial charge in [0.15, 0.2) is 5.82 Å². The maximum absolute atomic E-state index is 11.8. The van der Waals surface area contributed by atoms with Crippen LogP contribution in [0, 0.1) is 0 Å². The van der Waals surface area contributed by atoms with Gasteiger partial charge in [-0.05, 0) is 12.8 Å². The van der Waals surface area contributed by atoms with Crippen LogP contribution in [0.15, 0.2) is 0 Å². The summed E-state index contributed by atoms with van der Waals surface area (Å²) in [5.41, 5.74) is 6.03. The van der Waals surface area contributed by atoms with Gasteiger partial charge in [0, 0.05) is 12.3 Å². The van der Waals surface area contributed by atoms with Crippen LogP contribution in [-0.4, -0.2) is 49.3 Å². The standard InChI is InChI=1S/C11H18N4O4S/c1-19-11(16)8-9(12)15(5-6-20(2,17)18)14-10(8)13-7-3-4-7/h7H,3-6,12H2,1-2H3,(H,13,14). The van der Waals surface area contributed by atoms with Crippen molar-refractivity contribution in [3.8, 4) is 0 Å². The smallest absolute Gasteiger partial charge is 0.345 e. The first-order valence-electron chi connectivity index (χ1n) is 6.20. The summed E-state index contributed by atoms with van der Waals surface area (Å²) in [7, 11) is -1.87. The molecule has 0 atom stereocenters. The van der Waals surface area contributed by atoms with Crippen molar-refractivity contribution in [2.75, 3.05) is 30.2 Å². The summed E-state index contributed by atoms with van der Waals surface area (Å²) in [6.45, 7) is 0.0982. The van der Waals surface area contributed by atoms with Gasteiger partial charge in [-0.3, -0.25) is 0 Å². The molecule has 0 aliphatic heterocycles. The Balaban J connectivity index is 2.27. The first kappa shape index (κ1) is 14.6. The molecule has 1 aromatic heterocycles. The Labute approximate surface area is 117 Å². The summed E-state index contributed by atoms with van der Waals surface area (Å²) in [5, 5.41) is 7.27. The third-order valence-corrected chi connectivity index (χ3v) is 3.90. The van der Waals surface area contributed by atoms with Crippen molar-refractivity contribution in [2.24, 2.45) is 0 Å². The number of nitrogens with two attached hydrogens (primary N) is 1. The number of aromatic nitrogens is 2. The van der Waals surface area contributed by atoms with Crippen LogP contribution in [0.1, 0.15) is 23.2 Å². The van der Waals surface area contributed by atoms with Gasteiger partial charge >= 0.3 is 5.97 Å². The molecule has 3 N–H and O–H groups in total. The zero-order valence-electron chi connectivity index (χ0n) is 11.4. The van der Waals surface area contributed by atoms with E-state index in [1.807, 2.05) is 0 Å². The average Bonchev–Trinajstić information content (AvgIpc) is 3.10. The number of sulfone groups is 1. The number of anilines is 2. The second-order valence-electron chi connectivity index (χ2n) is 4.87. The third-order valence-electron chi connectivity index (χ3n) is 2.97. The summed E-state index contributed by atoms with van der Waals surface area (Å²) in [6.07, 6.45) is 3.16. The Bertz CT molecular complexity index is 619. The Morgan fingerprint density at radius 2 is 2.20 bits per heavy atom. The highest BCUT2D eigenvalue weighted by Crippen LogP contribution is 2.29. The van der Waals surface area contributed by atoms with Gasteiger partial charge in [-0.15, -0.1) is 0 Å². The van der Waals surface area contributed by atoms with E-state index in [9.17, 15) is 13.2 Å². The predicted molar refractivity (Wildman–Crippen MR) is 74.3 cm³/mol. The molecule has 8 nitrogen and oxygen atoms in total. The van der Waals surface area contributed by atoms with E-state index in [1.54, 1.807) is 0 Å². The van der Waals surface area contributed by atoms with E-state index < -0.39 is 15.8 Å². The largest absolute Gasteiger partial charge is 0.465 e. The zero-order chi connectivity index (χ0) is 14.9. The fraction of sp³-hybridized carbons (Fsp3) is 0.636. The van der Waals surface area contributed by atoms with Gasteiger partial charge in [-0.2, -0.15) is 5.10 Å². The molecule has 20 heavy (non-hydrogen) atoms. The van der Waals surface area contributed by atoms with Crippen LogP contribution in [0.3, 0.4) is 0 Å². The van der Waals surface area contributed by atoms with Crippen LogP contribution in [0.4, 0.5) is 11.6 Å². The molecule has 0 aromatic carbocycles. The number of nitrogens with one attached hydrogen (secondary N) is 1. The molecule has 0 spiro atoms. The van der Waals surface area contributed by atoms with E-state index in [0.717, 1.165) is 19.1 Å². The van der Waals surface area contributed by atoms with Crippen molar-refractivity contribution in [3.63, 3.8) is 0 Å². The Morgan fingerprint density at radius 1 is 1.55 bits per heavy atom. The molecule has 0 radical (unpaired) electrons. The second kappa shape index (κ2) is 5.31. The Hall–Kier alpha value is -1.77. The minimum absolute atomic E-state index is 0.0949. The minimum atomic E-state index is -3.13. The summed E-state index contributed by atoms with van der Waals surface area (Å²) >= 11 is 0. The number of aryl methyl sites for hydroxylation is 1. The summed E-state index contributed by atoms with van der Waals surface area (Å²) < 4.78 is 28.4. The Kier molecular flexibility index (Phi) is 3.89. The van der Waals surface area contributed by atoms with E-state index in [2.05, 4.69) is 15.2 Å². The van der Waals surface area contributed by atoms with E-state index in [-0.39, 0.29) is 29.7 Å². The van der Waals surface area contributed by atoms with Crippen molar-refractivity contribution in [2.45, 2.75) is 25.4 Å². The van der Waals surface area contributed by atoms with Crippen molar-refractivity contribution >= 4 is 27.4 Å². The molecule has 1 heterocycles. The summed E-state index contributed by atoms with van der Waals surface area (Å²) in [4.78, 5) is 11.8. The molecular weight excluding hydrogens is 284 g/mol. The molecule has 1 saturated carbocycles. The minimum Gasteiger partial charge on any atom is -0.465 e. The third kappa shape index (κ3) is 3.41. The maximum atomic E-state index is 11.8. The number of nitrogen functional groups attached to an aromatic ring is 1. The number of carbonyl (C=O) groups is 1. The molecule has 0 unspecified atom stereocenters. The van der Waals surface area contributed by atoms with Gasteiger partial charge in [0.05, 0.1) is 19.4 Å². The molecule has 2 rings (SSSR count). The lowest BCUT2D eigenvalue weighted by atomic mass is 10.3. The SMILES string of the molecule is COC(=O)c1c(NC2CC2)nn(CCS(C)(=O)=O)c1N. The number of methoxy groups -OCH3 is 1. The molecule has 0 bridgehead atoms. The molecule has 9 heteroatoms. The lowest BCUT2D eigenvalue weighted by molar-refractivity contribution is 0.0603. The van der Waals surface area contributed by atoms with Crippen molar-refractivity contribution in [1.82, 2.24) is 9.78 Å². The quantitative estimate of drug-likeness (QED) is 0.703. The van der Waals surface area contributed by atoms with Crippen LogP contribution in [0.5, 0.6) is 0 Å². The topological polar surface area (TPSA) is 116 Å². The predicted octanol–water partition coefficient (Wildman–Crippen LogP) is -0.129. The van der Waals surface area contributed by atoms with Crippen LogP contribution >= 0.6 is 0 Å². The van der Waals surface area contributed by atoms with Gasteiger partial charge < -0.3 is 15.8 Å². The lowest BCUT2D eigenvalue weighted by Gasteiger charge is -2.03. The number of nitrogens with zero attached hydrogens (tertiary/aromatic N) is 2. The molecule has 1 aliphatic carbocycles. The molecule has 0 amide bonds. The van der Waals surface area contributed by atoms with E-state index in [4.69, 9.17) is 5.73 Å². The lowest BCUT2D eigenvalue weighted by Crippen LogP contribution is -2.15. The van der Waals surface area contributed by atoms with Crippen LogP contribution in [0.2, 0.25) is 0 Å². The van der Waals surface area contributed by atoms with Crippen molar-refractivity contribution in [1.29, 1.82) is 0 Å². The number of carbonyl (C=O) groups excluding carboxylic acids is 1. The van der Waals surface area contributed by atoms with Crippen LogP contribution < -0.4 is 11.1 Å². The van der Waals surface area contributed by atoms with Crippen LogP contribution in [-0.2, 0) is 21.1 Å². The second-order valence-corrected chi connectivity index (χ2v) is 7.13. The fourth-order valence-electron chi connectivity index (χ4n) is 1.72. The number of hydrogen-bond acceptors (Lipinski definition) is 7. The normalized spacial score (nSPS) is 15.1. The van der Waals surface area contributed by atoms with Crippen molar-refractivity contribution in [3.05, 3.63) is 5.56 Å². The molecular formula is C11H18N4O4S. The monoisotopic (exact) mass is 302 g/mol. The summed E-state index contributed by atoms with van der Waals surface area (Å²) in [6, 6.07) is 0.288. The fourth-order valence-corrected chi connectivity index (χ4v) is 2.23. The van der Waals surface area contributed by atoms with Gasteiger partial charge in [0.1, 0.15) is 21.2 Å². The van der Waals surface area contributed by atoms with E-state index in [1.165, 1.54) is 11.8 Å². The zero-order valence-corrected chi connectivity index (χ0v) is 12.2. The number of esters is 1. The van der Waals surface area contributed by atoms with Gasteiger partial charge in [0.2, 0.25) is 0 Å². The van der Waals surface area contributed by atoms with E-state index in [0.29, 0.717) is 5.82 Å². The molecule has 1 fully saturated rings. The van der Waals surface area contributed by atoms with Crippen LogP contribution in [0.25, 0.3) is 0 Å². The molecule has 1 aliphatic rings. The number of ether oxygens (including phenoxy) is 1. The van der Waals surface area contributed by atoms with Crippen molar-refractivity contribution < 1.29 is 17.9 Å². The first-order valence-corrected chi connectivity index (χ1v) is 8.26. The summed E-state index contributed by atoms with van der Waals surface area (Å²) in [5.74, 6) is -0.215. The Morgan fingerprint density at radius 3 is 2.70 bits per heavy atom. The molecule has 0 saturated heterocycles. The van der Waals surface area contributed by atoms with Gasteiger partial charge in [0.25, 0.3) is 0 Å². The number of rotatable bonds is 6. The highest BCUT2D eigenvalue weighted by Gasteiger charge is 2.28. The van der Waals surface area contributed by atoms with Gasteiger partial charge in [-0.1, -0.05) is 0 Å². The van der Waals surface area contributed by atoms with E-state index >= 15 is 0 Å². The maximum Gasteiger partial charge on any atom is 0.345 e. The average molecular weight is 302 g/mol. The highest BCUT2D eigenvalue weighted by atomic mass is 32.2.